The Balaban J connectivity index is 1.29. The van der Waals surface area contributed by atoms with Crippen LogP contribution in [0.5, 0.6) is 0 Å². The molecule has 30 heavy (non-hydrogen) atoms. The summed E-state index contributed by atoms with van der Waals surface area (Å²) in [6, 6.07) is 16.8. The summed E-state index contributed by atoms with van der Waals surface area (Å²) in [4.78, 5) is 4.25. The summed E-state index contributed by atoms with van der Waals surface area (Å²) >= 11 is 0. The average molecular weight is 416 g/mol. The first-order valence-electron chi connectivity index (χ1n) is 9.27. The van der Waals surface area contributed by atoms with Crippen molar-refractivity contribution in [3.05, 3.63) is 83.7 Å². The lowest BCUT2D eigenvalue weighted by Crippen LogP contribution is -2.45. The van der Waals surface area contributed by atoms with Crippen LogP contribution in [0.25, 0.3) is 5.69 Å². The number of oxime groups is 1. The van der Waals surface area contributed by atoms with Gasteiger partial charge in [-0.3, -0.25) is 0 Å². The van der Waals surface area contributed by atoms with E-state index < -0.39 is 18.4 Å². The van der Waals surface area contributed by atoms with Gasteiger partial charge in [0.15, 0.2) is 0 Å². The van der Waals surface area contributed by atoms with Crippen LogP contribution in [0.2, 0.25) is 0 Å². The summed E-state index contributed by atoms with van der Waals surface area (Å²) in [5.74, 6) is -3.25. The van der Waals surface area contributed by atoms with Gasteiger partial charge in [-0.15, -0.1) is 0 Å². The van der Waals surface area contributed by atoms with Gasteiger partial charge in [-0.25, -0.2) is 4.68 Å². The third-order valence-corrected chi connectivity index (χ3v) is 4.81. The van der Waals surface area contributed by atoms with Crippen molar-refractivity contribution in [2.24, 2.45) is 5.16 Å². The van der Waals surface area contributed by atoms with E-state index >= 15 is 0 Å². The van der Waals surface area contributed by atoms with Crippen LogP contribution in [-0.2, 0) is 17.9 Å². The molecule has 2 N–H and O–H groups in total. The molecule has 2 heterocycles. The number of nitrogens with zero attached hydrogens (tertiary/aromatic N) is 3. The van der Waals surface area contributed by atoms with Gasteiger partial charge >= 0.3 is 12.0 Å². The monoisotopic (exact) mass is 416 g/mol. The number of benzene rings is 2. The van der Waals surface area contributed by atoms with Crippen LogP contribution >= 0.6 is 0 Å². The number of halogens is 3. The molecule has 1 unspecified atom stereocenters. The fraction of sp³-hybridized carbons (Fsp3) is 0.238. The minimum absolute atomic E-state index is 0.0617. The van der Waals surface area contributed by atoms with Gasteiger partial charge in [-0.1, -0.05) is 41.6 Å². The number of rotatable bonds is 6. The largest absolute Gasteiger partial charge is 0.458 e. The van der Waals surface area contributed by atoms with E-state index in [2.05, 4.69) is 20.4 Å². The van der Waals surface area contributed by atoms with E-state index in [4.69, 9.17) is 0 Å². The number of aliphatic hydroxyl groups is 1. The van der Waals surface area contributed by atoms with E-state index in [1.807, 2.05) is 36.5 Å². The molecular formula is C21H19F3N4O2. The quantitative estimate of drug-likeness (QED) is 0.645. The molecule has 0 fully saturated rings. The average Bonchev–Trinajstić information content (AvgIpc) is 3.40. The van der Waals surface area contributed by atoms with E-state index in [-0.39, 0.29) is 5.71 Å². The topological polar surface area (TPSA) is 71.7 Å². The highest BCUT2D eigenvalue weighted by molar-refractivity contribution is 6.01. The van der Waals surface area contributed by atoms with Gasteiger partial charge in [0.1, 0.15) is 0 Å². The molecule has 0 aliphatic carbocycles. The molecule has 1 aromatic heterocycles. The lowest BCUT2D eigenvalue weighted by atomic mass is 10.0. The normalized spacial score (nSPS) is 18.9. The first-order chi connectivity index (χ1) is 14.3. The van der Waals surface area contributed by atoms with E-state index in [0.29, 0.717) is 18.7 Å². The Morgan fingerprint density at radius 3 is 2.20 bits per heavy atom. The standard InChI is InChI=1S/C21H19F3N4O2/c22-21(23,24)20(29)12-19(27-30-20)17-6-2-15(3-7-17)13-25-14-16-4-8-18(9-5-16)28-11-1-10-26-28/h1-11,25,29H,12-14H2. The lowest BCUT2D eigenvalue weighted by molar-refractivity contribution is -0.355. The van der Waals surface area contributed by atoms with Gasteiger partial charge in [-0.2, -0.15) is 18.3 Å². The molecule has 6 nitrogen and oxygen atoms in total. The predicted molar refractivity (Wildman–Crippen MR) is 104 cm³/mol. The second kappa shape index (κ2) is 7.92. The molecule has 0 radical (unpaired) electrons. The zero-order chi connectivity index (χ0) is 21.2. The van der Waals surface area contributed by atoms with Crippen LogP contribution in [-0.4, -0.2) is 32.6 Å². The van der Waals surface area contributed by atoms with Crippen molar-refractivity contribution in [2.75, 3.05) is 0 Å². The third-order valence-electron chi connectivity index (χ3n) is 4.81. The Bertz CT molecular complexity index is 1020. The van der Waals surface area contributed by atoms with E-state index in [1.165, 1.54) is 0 Å². The van der Waals surface area contributed by atoms with Crippen LogP contribution < -0.4 is 5.32 Å². The zero-order valence-corrected chi connectivity index (χ0v) is 15.8. The summed E-state index contributed by atoms with van der Waals surface area (Å²) < 4.78 is 40.2. The lowest BCUT2D eigenvalue weighted by Gasteiger charge is -2.22. The molecule has 0 saturated carbocycles. The van der Waals surface area contributed by atoms with Gasteiger partial charge in [0.2, 0.25) is 0 Å². The number of hydrogen-bond acceptors (Lipinski definition) is 5. The summed E-state index contributed by atoms with van der Waals surface area (Å²) in [6.45, 7) is 1.26. The van der Waals surface area contributed by atoms with Crippen LogP contribution in [0.3, 0.4) is 0 Å². The summed E-state index contributed by atoms with van der Waals surface area (Å²) in [6.07, 6.45) is -2.03. The Kier molecular flexibility index (Phi) is 5.31. The van der Waals surface area contributed by atoms with Gasteiger partial charge in [0, 0.05) is 25.5 Å². The molecule has 3 aromatic rings. The number of nitrogens with one attached hydrogen (secondary N) is 1. The fourth-order valence-electron chi connectivity index (χ4n) is 3.08. The van der Waals surface area contributed by atoms with Gasteiger partial charge in [-0.05, 0) is 34.9 Å². The molecule has 156 valence electrons. The van der Waals surface area contributed by atoms with Crippen molar-refractivity contribution in [2.45, 2.75) is 31.5 Å². The highest BCUT2D eigenvalue weighted by Crippen LogP contribution is 2.38. The molecule has 1 aliphatic rings. The number of aromatic nitrogens is 2. The Hall–Kier alpha value is -3.17. The number of hydrogen-bond donors (Lipinski definition) is 2. The molecule has 0 saturated heterocycles. The minimum atomic E-state index is -4.90. The van der Waals surface area contributed by atoms with Crippen molar-refractivity contribution in [3.63, 3.8) is 0 Å². The molecule has 4 rings (SSSR count). The van der Waals surface area contributed by atoms with Crippen molar-refractivity contribution >= 4 is 5.71 Å². The third kappa shape index (κ3) is 4.22. The maximum Gasteiger partial charge on any atom is 0.458 e. The van der Waals surface area contributed by atoms with Crippen molar-refractivity contribution in [3.8, 4) is 5.69 Å². The maximum atomic E-state index is 12.8. The van der Waals surface area contributed by atoms with Crippen molar-refractivity contribution in [1.82, 2.24) is 15.1 Å². The Labute approximate surface area is 170 Å². The molecule has 1 atom stereocenters. The van der Waals surface area contributed by atoms with Crippen molar-refractivity contribution in [1.29, 1.82) is 0 Å². The molecule has 1 aliphatic heterocycles. The fourth-order valence-corrected chi connectivity index (χ4v) is 3.08. The van der Waals surface area contributed by atoms with Crippen LogP contribution in [0.15, 0.2) is 72.1 Å². The molecular weight excluding hydrogens is 397 g/mol. The van der Waals surface area contributed by atoms with Crippen LogP contribution in [0.1, 0.15) is 23.1 Å². The minimum Gasteiger partial charge on any atom is -0.350 e. The van der Waals surface area contributed by atoms with Gasteiger partial charge < -0.3 is 15.3 Å². The van der Waals surface area contributed by atoms with Crippen LogP contribution in [0.4, 0.5) is 13.2 Å². The molecule has 2 aromatic carbocycles. The van der Waals surface area contributed by atoms with Gasteiger partial charge in [0.25, 0.3) is 0 Å². The molecule has 9 heteroatoms. The van der Waals surface area contributed by atoms with Crippen LogP contribution in [0, 0.1) is 0 Å². The number of alkyl halides is 3. The summed E-state index contributed by atoms with van der Waals surface area (Å²) in [5, 5.41) is 20.5. The van der Waals surface area contributed by atoms with E-state index in [9.17, 15) is 18.3 Å². The first kappa shape index (κ1) is 20.1. The highest BCUT2D eigenvalue weighted by atomic mass is 19.4. The molecule has 0 bridgehead atoms. The SMILES string of the molecule is OC1(C(F)(F)F)CC(c2ccc(CNCc3ccc(-n4cccn4)cc3)cc2)=NO1. The summed E-state index contributed by atoms with van der Waals surface area (Å²) in [5.41, 5.74) is 3.61. The zero-order valence-electron chi connectivity index (χ0n) is 15.8. The summed E-state index contributed by atoms with van der Waals surface area (Å²) in [7, 11) is 0. The predicted octanol–water partition coefficient (Wildman–Crippen LogP) is 3.54. The Morgan fingerprint density at radius 1 is 1.03 bits per heavy atom. The molecule has 0 spiro atoms. The molecule has 0 amide bonds. The smallest absolute Gasteiger partial charge is 0.350 e. The second-order valence-electron chi connectivity index (χ2n) is 7.01. The van der Waals surface area contributed by atoms with E-state index in [0.717, 1.165) is 16.8 Å². The first-order valence-corrected chi connectivity index (χ1v) is 9.27. The van der Waals surface area contributed by atoms with E-state index in [1.54, 1.807) is 35.1 Å². The Morgan fingerprint density at radius 2 is 1.67 bits per heavy atom. The highest BCUT2D eigenvalue weighted by Gasteiger charge is 2.60. The van der Waals surface area contributed by atoms with Crippen molar-refractivity contribution < 1.29 is 23.1 Å². The maximum absolute atomic E-state index is 12.8. The second-order valence-corrected chi connectivity index (χ2v) is 7.01. The van der Waals surface area contributed by atoms with Gasteiger partial charge in [0.05, 0.1) is 17.8 Å².